The minimum absolute atomic E-state index is 0.0191. The maximum absolute atomic E-state index is 13.9. The molecule has 0 radical (unpaired) electrons. The van der Waals surface area contributed by atoms with E-state index in [-0.39, 0.29) is 17.3 Å². The first-order chi connectivity index (χ1) is 10.6. The number of rotatable bonds is 2. The SMILES string of the molecule is N#Cc1n[nH]nc1C1CCCN(c2cc(F)c(F)cc2F)C1. The molecule has 22 heavy (non-hydrogen) atoms. The van der Waals surface area contributed by atoms with Gasteiger partial charge in [-0.05, 0) is 12.8 Å². The highest BCUT2D eigenvalue weighted by Crippen LogP contribution is 2.32. The molecule has 0 aliphatic carbocycles. The normalized spacial score (nSPS) is 18.3. The molecule has 8 heteroatoms. The fraction of sp³-hybridized carbons (Fsp3) is 0.357. The highest BCUT2D eigenvalue weighted by molar-refractivity contribution is 5.49. The van der Waals surface area contributed by atoms with Crippen molar-refractivity contribution in [1.82, 2.24) is 15.4 Å². The number of H-pyrrole nitrogens is 1. The Labute approximate surface area is 124 Å². The lowest BCUT2D eigenvalue weighted by molar-refractivity contribution is 0.475. The van der Waals surface area contributed by atoms with Gasteiger partial charge in [-0.3, -0.25) is 0 Å². The molecule has 1 aromatic heterocycles. The van der Waals surface area contributed by atoms with E-state index in [1.165, 1.54) is 0 Å². The maximum atomic E-state index is 13.9. The lowest BCUT2D eigenvalue weighted by atomic mass is 9.93. The zero-order valence-corrected chi connectivity index (χ0v) is 11.5. The van der Waals surface area contributed by atoms with Gasteiger partial charge in [0.2, 0.25) is 0 Å². The number of benzene rings is 1. The fourth-order valence-electron chi connectivity index (χ4n) is 2.78. The van der Waals surface area contributed by atoms with Crippen molar-refractivity contribution >= 4 is 5.69 Å². The number of nitrogens with one attached hydrogen (secondary N) is 1. The van der Waals surface area contributed by atoms with Crippen molar-refractivity contribution in [1.29, 1.82) is 5.26 Å². The average Bonchev–Trinajstić information content (AvgIpc) is 2.99. The van der Waals surface area contributed by atoms with Crippen LogP contribution in [0.25, 0.3) is 0 Å². The van der Waals surface area contributed by atoms with Crippen molar-refractivity contribution in [2.24, 2.45) is 0 Å². The molecule has 0 bridgehead atoms. The van der Waals surface area contributed by atoms with Crippen LogP contribution >= 0.6 is 0 Å². The first-order valence-electron chi connectivity index (χ1n) is 6.80. The predicted octanol–water partition coefficient (Wildman–Crippen LogP) is 2.48. The van der Waals surface area contributed by atoms with Crippen molar-refractivity contribution in [3.8, 4) is 6.07 Å². The number of piperidine rings is 1. The summed E-state index contributed by atoms with van der Waals surface area (Å²) in [6.07, 6.45) is 1.49. The van der Waals surface area contributed by atoms with Crippen LogP contribution in [-0.2, 0) is 0 Å². The molecular formula is C14H12F3N5. The van der Waals surface area contributed by atoms with E-state index < -0.39 is 17.5 Å². The molecule has 2 aromatic rings. The highest BCUT2D eigenvalue weighted by atomic mass is 19.2. The Bertz CT molecular complexity index is 737. The van der Waals surface area contributed by atoms with E-state index in [0.717, 1.165) is 18.9 Å². The van der Waals surface area contributed by atoms with Gasteiger partial charge in [0.1, 0.15) is 17.6 Å². The van der Waals surface area contributed by atoms with Crippen LogP contribution in [0, 0.1) is 28.8 Å². The van der Waals surface area contributed by atoms with Gasteiger partial charge in [-0.15, -0.1) is 5.10 Å². The van der Waals surface area contributed by atoms with Crippen LogP contribution in [0.15, 0.2) is 12.1 Å². The molecule has 1 aliphatic rings. The van der Waals surface area contributed by atoms with Gasteiger partial charge in [-0.1, -0.05) is 0 Å². The molecule has 0 saturated carbocycles. The zero-order valence-electron chi connectivity index (χ0n) is 11.5. The molecule has 0 spiro atoms. The summed E-state index contributed by atoms with van der Waals surface area (Å²) >= 11 is 0. The smallest absolute Gasteiger partial charge is 0.185 e. The predicted molar refractivity (Wildman–Crippen MR) is 71.6 cm³/mol. The minimum Gasteiger partial charge on any atom is -0.368 e. The van der Waals surface area contributed by atoms with E-state index in [4.69, 9.17) is 5.26 Å². The maximum Gasteiger partial charge on any atom is 0.185 e. The molecule has 1 aromatic carbocycles. The number of hydrogen-bond acceptors (Lipinski definition) is 4. The molecule has 1 saturated heterocycles. The monoisotopic (exact) mass is 307 g/mol. The summed E-state index contributed by atoms with van der Waals surface area (Å²) in [6, 6.07) is 3.36. The average molecular weight is 307 g/mol. The van der Waals surface area contributed by atoms with Crippen LogP contribution in [0.5, 0.6) is 0 Å². The number of aromatic amines is 1. The molecule has 0 amide bonds. The molecule has 5 nitrogen and oxygen atoms in total. The Balaban J connectivity index is 1.88. The summed E-state index contributed by atoms with van der Waals surface area (Å²) in [4.78, 5) is 1.64. The summed E-state index contributed by atoms with van der Waals surface area (Å²) in [6.45, 7) is 0.890. The third-order valence-corrected chi connectivity index (χ3v) is 3.82. The van der Waals surface area contributed by atoms with Gasteiger partial charge in [0, 0.05) is 31.1 Å². The number of anilines is 1. The van der Waals surface area contributed by atoms with Gasteiger partial charge in [0.25, 0.3) is 0 Å². The molecule has 1 N–H and O–H groups in total. The number of nitriles is 1. The van der Waals surface area contributed by atoms with E-state index in [1.54, 1.807) is 4.90 Å². The molecule has 1 unspecified atom stereocenters. The number of halogens is 3. The summed E-state index contributed by atoms with van der Waals surface area (Å²) in [5.41, 5.74) is 0.749. The van der Waals surface area contributed by atoms with Crippen molar-refractivity contribution in [3.63, 3.8) is 0 Å². The van der Waals surface area contributed by atoms with Crippen LogP contribution in [0.4, 0.5) is 18.9 Å². The number of nitrogens with zero attached hydrogens (tertiary/aromatic N) is 4. The first kappa shape index (κ1) is 14.4. The fourth-order valence-corrected chi connectivity index (χ4v) is 2.78. The minimum atomic E-state index is -1.21. The van der Waals surface area contributed by atoms with Crippen LogP contribution in [-0.4, -0.2) is 28.5 Å². The third-order valence-electron chi connectivity index (χ3n) is 3.82. The van der Waals surface area contributed by atoms with Gasteiger partial charge >= 0.3 is 0 Å². The molecule has 2 heterocycles. The largest absolute Gasteiger partial charge is 0.368 e. The van der Waals surface area contributed by atoms with Gasteiger partial charge in [-0.25, -0.2) is 13.2 Å². The van der Waals surface area contributed by atoms with Gasteiger partial charge in [-0.2, -0.15) is 15.6 Å². The van der Waals surface area contributed by atoms with E-state index in [0.29, 0.717) is 24.8 Å². The van der Waals surface area contributed by atoms with Crippen LogP contribution < -0.4 is 4.90 Å². The molecule has 3 rings (SSSR count). The Kier molecular flexibility index (Phi) is 3.71. The third kappa shape index (κ3) is 2.50. The van der Waals surface area contributed by atoms with Crippen LogP contribution in [0.2, 0.25) is 0 Å². The lowest BCUT2D eigenvalue weighted by Gasteiger charge is -2.33. The highest BCUT2D eigenvalue weighted by Gasteiger charge is 2.28. The van der Waals surface area contributed by atoms with E-state index in [1.807, 2.05) is 6.07 Å². The Hall–Kier alpha value is -2.56. The van der Waals surface area contributed by atoms with Crippen molar-refractivity contribution < 1.29 is 13.2 Å². The topological polar surface area (TPSA) is 68.6 Å². The molecule has 1 aliphatic heterocycles. The van der Waals surface area contributed by atoms with Crippen molar-refractivity contribution in [2.75, 3.05) is 18.0 Å². The van der Waals surface area contributed by atoms with Gasteiger partial charge in [0.15, 0.2) is 17.3 Å². The van der Waals surface area contributed by atoms with E-state index in [9.17, 15) is 13.2 Å². The molecule has 1 atom stereocenters. The van der Waals surface area contributed by atoms with Crippen molar-refractivity contribution in [2.45, 2.75) is 18.8 Å². The number of aromatic nitrogens is 3. The second kappa shape index (κ2) is 5.67. The standard InChI is InChI=1S/C14H12F3N5/c15-9-4-11(17)13(5-10(9)16)22-3-1-2-8(7-22)14-12(6-18)19-21-20-14/h4-5,8H,1-3,7H2,(H,19,20,21). The second-order valence-corrected chi connectivity index (χ2v) is 5.17. The number of hydrogen-bond donors (Lipinski definition) is 1. The Morgan fingerprint density at radius 1 is 1.18 bits per heavy atom. The molecule has 1 fully saturated rings. The van der Waals surface area contributed by atoms with E-state index in [2.05, 4.69) is 15.4 Å². The summed E-state index contributed by atoms with van der Waals surface area (Å²) < 4.78 is 40.3. The van der Waals surface area contributed by atoms with Crippen LogP contribution in [0.1, 0.15) is 30.1 Å². The molecule has 114 valence electrons. The van der Waals surface area contributed by atoms with Crippen molar-refractivity contribution in [3.05, 3.63) is 41.0 Å². The Morgan fingerprint density at radius 2 is 1.95 bits per heavy atom. The zero-order chi connectivity index (χ0) is 15.7. The van der Waals surface area contributed by atoms with Crippen LogP contribution in [0.3, 0.4) is 0 Å². The second-order valence-electron chi connectivity index (χ2n) is 5.17. The summed E-state index contributed by atoms with van der Waals surface area (Å²) in [5.74, 6) is -3.22. The molecular weight excluding hydrogens is 295 g/mol. The van der Waals surface area contributed by atoms with Gasteiger partial charge < -0.3 is 4.90 Å². The summed E-state index contributed by atoms with van der Waals surface area (Å²) in [7, 11) is 0. The lowest BCUT2D eigenvalue weighted by Crippen LogP contribution is -2.35. The summed E-state index contributed by atoms with van der Waals surface area (Å²) in [5, 5.41) is 19.1. The van der Waals surface area contributed by atoms with Gasteiger partial charge in [0.05, 0.1) is 5.69 Å². The Morgan fingerprint density at radius 3 is 2.73 bits per heavy atom. The quantitative estimate of drug-likeness (QED) is 0.865. The van der Waals surface area contributed by atoms with E-state index >= 15 is 0 Å². The first-order valence-corrected chi connectivity index (χ1v) is 6.80.